The first-order chi connectivity index (χ1) is 8.20. The fraction of sp³-hybridized carbons (Fsp3) is 0.600. The molecule has 1 aromatic carbocycles. The van der Waals surface area contributed by atoms with Crippen LogP contribution in [0, 0.1) is 17.2 Å². The Morgan fingerprint density at radius 3 is 2.44 bits per heavy atom. The Hall–Kier alpha value is -0.410. The lowest BCUT2D eigenvalue weighted by atomic mass is 9.78. The first-order valence-electron chi connectivity index (χ1n) is 6.32. The summed E-state index contributed by atoms with van der Waals surface area (Å²) in [5, 5.41) is 10.1. The SMILES string of the molecule is CC(CC(O)Cc1ccc(F)c(Br)c1)C(C)(C)C. The van der Waals surface area contributed by atoms with E-state index in [9.17, 15) is 9.50 Å². The summed E-state index contributed by atoms with van der Waals surface area (Å²) in [4.78, 5) is 0. The molecule has 0 fully saturated rings. The van der Waals surface area contributed by atoms with Crippen molar-refractivity contribution in [3.8, 4) is 0 Å². The van der Waals surface area contributed by atoms with E-state index in [1.807, 2.05) is 0 Å². The van der Waals surface area contributed by atoms with Crippen molar-refractivity contribution < 1.29 is 9.50 Å². The van der Waals surface area contributed by atoms with Gasteiger partial charge in [-0.05, 0) is 57.8 Å². The molecule has 0 radical (unpaired) electrons. The zero-order chi connectivity index (χ0) is 13.9. The van der Waals surface area contributed by atoms with E-state index in [0.29, 0.717) is 16.8 Å². The van der Waals surface area contributed by atoms with Gasteiger partial charge in [0.25, 0.3) is 0 Å². The highest BCUT2D eigenvalue weighted by Crippen LogP contribution is 2.30. The maximum Gasteiger partial charge on any atom is 0.137 e. The Kier molecular flexibility index (Phi) is 5.35. The molecule has 0 saturated carbocycles. The highest BCUT2D eigenvalue weighted by atomic mass is 79.9. The maximum absolute atomic E-state index is 13.1. The first kappa shape index (κ1) is 15.6. The van der Waals surface area contributed by atoms with Crippen molar-refractivity contribution in [3.63, 3.8) is 0 Å². The molecular weight excluding hydrogens is 295 g/mol. The molecule has 0 amide bonds. The molecule has 0 saturated heterocycles. The summed E-state index contributed by atoms with van der Waals surface area (Å²) in [6.07, 6.45) is 0.953. The van der Waals surface area contributed by atoms with Gasteiger partial charge in [-0.25, -0.2) is 4.39 Å². The van der Waals surface area contributed by atoms with Crippen LogP contribution in [0.5, 0.6) is 0 Å². The van der Waals surface area contributed by atoms with Crippen LogP contribution in [0.1, 0.15) is 39.7 Å². The van der Waals surface area contributed by atoms with E-state index in [1.54, 1.807) is 12.1 Å². The molecule has 0 bridgehead atoms. The molecule has 1 aromatic rings. The topological polar surface area (TPSA) is 20.2 Å². The minimum atomic E-state index is -0.378. The third-order valence-electron chi connectivity index (χ3n) is 3.56. The third kappa shape index (κ3) is 4.69. The highest BCUT2D eigenvalue weighted by Gasteiger charge is 2.22. The molecule has 0 aliphatic carbocycles. The lowest BCUT2D eigenvalue weighted by molar-refractivity contribution is 0.110. The zero-order valence-corrected chi connectivity index (χ0v) is 13.1. The molecule has 3 heteroatoms. The first-order valence-corrected chi connectivity index (χ1v) is 7.11. The van der Waals surface area contributed by atoms with Gasteiger partial charge in [-0.15, -0.1) is 0 Å². The lowest BCUT2D eigenvalue weighted by Gasteiger charge is -2.29. The summed E-state index contributed by atoms with van der Waals surface area (Å²) in [5.41, 5.74) is 1.15. The smallest absolute Gasteiger partial charge is 0.137 e. The van der Waals surface area contributed by atoms with Gasteiger partial charge in [0.1, 0.15) is 5.82 Å². The number of hydrogen-bond donors (Lipinski definition) is 1. The van der Waals surface area contributed by atoms with Crippen LogP contribution in [-0.2, 0) is 6.42 Å². The van der Waals surface area contributed by atoms with Crippen LogP contribution in [0.25, 0.3) is 0 Å². The summed E-state index contributed by atoms with van der Waals surface area (Å²) in [6, 6.07) is 4.89. The summed E-state index contributed by atoms with van der Waals surface area (Å²) < 4.78 is 13.5. The van der Waals surface area contributed by atoms with E-state index in [-0.39, 0.29) is 17.3 Å². The monoisotopic (exact) mass is 316 g/mol. The molecular formula is C15H22BrFO. The van der Waals surface area contributed by atoms with E-state index < -0.39 is 0 Å². The van der Waals surface area contributed by atoms with Crippen LogP contribution in [0.3, 0.4) is 0 Å². The minimum Gasteiger partial charge on any atom is -0.393 e. The second-order valence-electron chi connectivity index (χ2n) is 6.11. The number of benzene rings is 1. The minimum absolute atomic E-state index is 0.199. The van der Waals surface area contributed by atoms with E-state index in [2.05, 4.69) is 43.6 Å². The largest absolute Gasteiger partial charge is 0.393 e. The summed E-state index contributed by atoms with van der Waals surface area (Å²) in [6.45, 7) is 8.69. The maximum atomic E-state index is 13.1. The molecule has 0 aromatic heterocycles. The molecule has 1 nitrogen and oxygen atoms in total. The Morgan fingerprint density at radius 1 is 1.33 bits per heavy atom. The van der Waals surface area contributed by atoms with Crippen LogP contribution in [0.2, 0.25) is 0 Å². The van der Waals surface area contributed by atoms with Gasteiger partial charge in [-0.2, -0.15) is 0 Å². The number of rotatable bonds is 4. The van der Waals surface area contributed by atoms with E-state index in [0.717, 1.165) is 12.0 Å². The Labute approximate surface area is 118 Å². The van der Waals surface area contributed by atoms with E-state index in [4.69, 9.17) is 0 Å². The second kappa shape index (κ2) is 6.16. The Balaban J connectivity index is 2.59. The summed E-state index contributed by atoms with van der Waals surface area (Å²) >= 11 is 3.16. The van der Waals surface area contributed by atoms with Crippen molar-refractivity contribution in [2.75, 3.05) is 0 Å². The second-order valence-corrected chi connectivity index (χ2v) is 6.96. The number of aliphatic hydroxyl groups is 1. The van der Waals surface area contributed by atoms with Crippen LogP contribution < -0.4 is 0 Å². The number of halogens is 2. The molecule has 0 aliphatic rings. The molecule has 102 valence electrons. The highest BCUT2D eigenvalue weighted by molar-refractivity contribution is 9.10. The fourth-order valence-corrected chi connectivity index (χ4v) is 2.21. The molecule has 1 rings (SSSR count). The van der Waals surface area contributed by atoms with Crippen molar-refractivity contribution in [3.05, 3.63) is 34.1 Å². The third-order valence-corrected chi connectivity index (χ3v) is 4.17. The standard InChI is InChI=1S/C15H22BrFO/c1-10(15(2,3)4)7-12(18)8-11-5-6-14(17)13(16)9-11/h5-6,9-10,12,18H,7-8H2,1-4H3. The molecule has 2 atom stereocenters. The number of hydrogen-bond acceptors (Lipinski definition) is 1. The van der Waals surface area contributed by atoms with Crippen molar-refractivity contribution in [2.24, 2.45) is 11.3 Å². The van der Waals surface area contributed by atoms with Gasteiger partial charge in [0.2, 0.25) is 0 Å². The van der Waals surface area contributed by atoms with Crippen LogP contribution in [-0.4, -0.2) is 11.2 Å². The normalized spacial score (nSPS) is 15.5. The van der Waals surface area contributed by atoms with Crippen LogP contribution in [0.4, 0.5) is 4.39 Å². The zero-order valence-electron chi connectivity index (χ0n) is 11.5. The van der Waals surface area contributed by atoms with Gasteiger partial charge in [0.05, 0.1) is 10.6 Å². The van der Waals surface area contributed by atoms with Crippen molar-refractivity contribution in [1.29, 1.82) is 0 Å². The number of aliphatic hydroxyl groups excluding tert-OH is 1. The molecule has 0 spiro atoms. The predicted molar refractivity (Wildman–Crippen MR) is 77.0 cm³/mol. The molecule has 2 unspecified atom stereocenters. The van der Waals surface area contributed by atoms with Crippen LogP contribution in [0.15, 0.2) is 22.7 Å². The van der Waals surface area contributed by atoms with Gasteiger partial charge in [0, 0.05) is 0 Å². The predicted octanol–water partition coefficient (Wildman–Crippen LogP) is 4.56. The summed E-state index contributed by atoms with van der Waals surface area (Å²) in [7, 11) is 0. The Morgan fingerprint density at radius 2 is 1.94 bits per heavy atom. The quantitative estimate of drug-likeness (QED) is 0.863. The molecule has 0 aliphatic heterocycles. The van der Waals surface area contributed by atoms with Gasteiger partial charge in [-0.1, -0.05) is 33.8 Å². The Bertz CT molecular complexity index is 398. The van der Waals surface area contributed by atoms with Gasteiger partial charge >= 0.3 is 0 Å². The van der Waals surface area contributed by atoms with E-state index in [1.165, 1.54) is 6.07 Å². The average molecular weight is 317 g/mol. The van der Waals surface area contributed by atoms with Gasteiger partial charge < -0.3 is 5.11 Å². The lowest BCUT2D eigenvalue weighted by Crippen LogP contribution is -2.24. The fourth-order valence-electron chi connectivity index (χ4n) is 1.78. The molecule has 18 heavy (non-hydrogen) atoms. The van der Waals surface area contributed by atoms with Gasteiger partial charge in [0.15, 0.2) is 0 Å². The van der Waals surface area contributed by atoms with E-state index >= 15 is 0 Å². The van der Waals surface area contributed by atoms with Gasteiger partial charge in [-0.3, -0.25) is 0 Å². The summed E-state index contributed by atoms with van der Waals surface area (Å²) in [5.74, 6) is 0.174. The van der Waals surface area contributed by atoms with Crippen LogP contribution >= 0.6 is 15.9 Å². The van der Waals surface area contributed by atoms with Crippen molar-refractivity contribution in [1.82, 2.24) is 0 Å². The van der Waals surface area contributed by atoms with Crippen molar-refractivity contribution >= 4 is 15.9 Å². The van der Waals surface area contributed by atoms with Crippen molar-refractivity contribution in [2.45, 2.75) is 46.6 Å². The molecule has 0 heterocycles. The average Bonchev–Trinajstić information content (AvgIpc) is 2.22. The molecule has 1 N–H and O–H groups in total.